The molecule has 4 heteroatoms. The second-order valence-corrected chi connectivity index (χ2v) is 4.10. The van der Waals surface area contributed by atoms with Crippen LogP contribution in [-0.2, 0) is 19.4 Å². The number of hydrogen-bond acceptors (Lipinski definition) is 4. The highest BCUT2D eigenvalue weighted by atomic mass is 16.5. The van der Waals surface area contributed by atoms with Gasteiger partial charge in [-0.15, -0.1) is 0 Å². The lowest BCUT2D eigenvalue weighted by molar-refractivity contribution is 0.241. The first-order valence-corrected chi connectivity index (χ1v) is 6.35. The Hall–Kier alpha value is -1.84. The second-order valence-electron chi connectivity index (χ2n) is 4.10. The Morgan fingerprint density at radius 1 is 1.22 bits per heavy atom. The van der Waals surface area contributed by atoms with Gasteiger partial charge in [0, 0.05) is 6.42 Å². The van der Waals surface area contributed by atoms with E-state index in [4.69, 9.17) is 9.26 Å². The Labute approximate surface area is 107 Å². The Morgan fingerprint density at radius 2 is 2.06 bits per heavy atom. The number of nitrogens with zero attached hydrogens (tertiary/aromatic N) is 2. The number of aryl methyl sites for hydroxylation is 2. The van der Waals surface area contributed by atoms with E-state index in [2.05, 4.69) is 30.1 Å². The highest BCUT2D eigenvalue weighted by Crippen LogP contribution is 2.19. The Morgan fingerprint density at radius 3 is 2.83 bits per heavy atom. The largest absolute Gasteiger partial charge is 0.483 e. The zero-order valence-electron chi connectivity index (χ0n) is 10.8. The zero-order chi connectivity index (χ0) is 12.8. The van der Waals surface area contributed by atoms with Gasteiger partial charge < -0.3 is 9.26 Å². The number of benzene rings is 1. The lowest BCUT2D eigenvalue weighted by Gasteiger charge is -2.07. The summed E-state index contributed by atoms with van der Waals surface area (Å²) in [5.74, 6) is 2.17. The van der Waals surface area contributed by atoms with E-state index in [1.54, 1.807) is 0 Å². The molecule has 0 amide bonds. The maximum Gasteiger partial charge on any atom is 0.264 e. The van der Waals surface area contributed by atoms with Crippen molar-refractivity contribution in [1.29, 1.82) is 0 Å². The van der Waals surface area contributed by atoms with Crippen LogP contribution in [0.5, 0.6) is 5.75 Å². The van der Waals surface area contributed by atoms with Crippen LogP contribution in [0.25, 0.3) is 0 Å². The van der Waals surface area contributed by atoms with Gasteiger partial charge in [0.2, 0.25) is 0 Å². The quantitative estimate of drug-likeness (QED) is 0.785. The molecule has 0 radical (unpaired) electrons. The molecule has 0 unspecified atom stereocenters. The summed E-state index contributed by atoms with van der Waals surface area (Å²) in [5, 5.41) is 3.89. The molecule has 2 aromatic rings. The number of rotatable bonds is 6. The minimum Gasteiger partial charge on any atom is -0.483 e. The third-order valence-electron chi connectivity index (χ3n) is 2.69. The van der Waals surface area contributed by atoms with Crippen molar-refractivity contribution in [3.05, 3.63) is 41.5 Å². The SMILES string of the molecule is CCCc1noc(COc2ccccc2CC)n1. The molecule has 1 aromatic carbocycles. The standard InChI is InChI=1S/C14H18N2O2/c1-3-7-13-15-14(18-16-13)10-17-12-9-6-5-8-11(12)4-2/h5-6,8-9H,3-4,7,10H2,1-2H3. The van der Waals surface area contributed by atoms with Gasteiger partial charge in [-0.25, -0.2) is 0 Å². The molecular weight excluding hydrogens is 228 g/mol. The molecule has 1 aromatic heterocycles. The predicted molar refractivity (Wildman–Crippen MR) is 68.4 cm³/mol. The number of aromatic nitrogens is 2. The third-order valence-corrected chi connectivity index (χ3v) is 2.69. The Kier molecular flexibility index (Phi) is 4.34. The molecule has 1 heterocycles. The van der Waals surface area contributed by atoms with Gasteiger partial charge in [-0.2, -0.15) is 4.98 Å². The molecule has 0 saturated carbocycles. The molecule has 0 atom stereocenters. The number of hydrogen-bond donors (Lipinski definition) is 0. The third kappa shape index (κ3) is 3.09. The highest BCUT2D eigenvalue weighted by Gasteiger charge is 2.07. The molecule has 0 aliphatic rings. The second kappa shape index (κ2) is 6.19. The van der Waals surface area contributed by atoms with Crippen LogP contribution in [-0.4, -0.2) is 10.1 Å². The number of ether oxygens (including phenoxy) is 1. The van der Waals surface area contributed by atoms with Gasteiger partial charge in [0.1, 0.15) is 5.75 Å². The maximum absolute atomic E-state index is 5.71. The average molecular weight is 246 g/mol. The van der Waals surface area contributed by atoms with Crippen LogP contribution < -0.4 is 4.74 Å². The first-order chi connectivity index (χ1) is 8.83. The molecule has 0 aliphatic carbocycles. The van der Waals surface area contributed by atoms with Gasteiger partial charge >= 0.3 is 0 Å². The summed E-state index contributed by atoms with van der Waals surface area (Å²) in [7, 11) is 0. The van der Waals surface area contributed by atoms with E-state index in [1.807, 2.05) is 18.2 Å². The van der Waals surface area contributed by atoms with Crippen LogP contribution in [0.2, 0.25) is 0 Å². The van der Waals surface area contributed by atoms with Crippen molar-refractivity contribution in [3.8, 4) is 5.75 Å². The van der Waals surface area contributed by atoms with E-state index in [0.29, 0.717) is 12.5 Å². The molecule has 0 aliphatic heterocycles. The van der Waals surface area contributed by atoms with Gasteiger partial charge in [-0.3, -0.25) is 0 Å². The molecular formula is C14H18N2O2. The topological polar surface area (TPSA) is 48.2 Å². The van der Waals surface area contributed by atoms with Crippen LogP contribution in [0.1, 0.15) is 37.5 Å². The lowest BCUT2D eigenvalue weighted by Crippen LogP contribution is -1.98. The molecule has 4 nitrogen and oxygen atoms in total. The van der Waals surface area contributed by atoms with Crippen LogP contribution in [0, 0.1) is 0 Å². The molecule has 0 spiro atoms. The summed E-state index contributed by atoms with van der Waals surface area (Å²) in [5.41, 5.74) is 1.19. The van der Waals surface area contributed by atoms with E-state index in [1.165, 1.54) is 5.56 Å². The van der Waals surface area contributed by atoms with E-state index >= 15 is 0 Å². The molecule has 96 valence electrons. The lowest BCUT2D eigenvalue weighted by atomic mass is 10.1. The normalized spacial score (nSPS) is 10.6. The molecule has 0 fully saturated rings. The minimum absolute atomic E-state index is 0.327. The van der Waals surface area contributed by atoms with Crippen LogP contribution >= 0.6 is 0 Å². The first kappa shape index (κ1) is 12.6. The smallest absolute Gasteiger partial charge is 0.264 e. The minimum atomic E-state index is 0.327. The van der Waals surface area contributed by atoms with Crippen molar-refractivity contribution in [3.63, 3.8) is 0 Å². The molecule has 18 heavy (non-hydrogen) atoms. The van der Waals surface area contributed by atoms with E-state index in [0.717, 1.165) is 30.8 Å². The zero-order valence-corrected chi connectivity index (χ0v) is 10.8. The fourth-order valence-electron chi connectivity index (χ4n) is 1.75. The van der Waals surface area contributed by atoms with Gasteiger partial charge in [-0.1, -0.05) is 37.2 Å². The van der Waals surface area contributed by atoms with Crippen molar-refractivity contribution in [2.24, 2.45) is 0 Å². The van der Waals surface area contributed by atoms with Crippen LogP contribution in [0.4, 0.5) is 0 Å². The Bertz CT molecular complexity index is 494. The summed E-state index contributed by atoms with van der Waals surface area (Å²) in [6.07, 6.45) is 2.80. The summed E-state index contributed by atoms with van der Waals surface area (Å²) in [6, 6.07) is 8.00. The van der Waals surface area contributed by atoms with Crippen molar-refractivity contribution in [2.45, 2.75) is 39.7 Å². The van der Waals surface area contributed by atoms with Crippen LogP contribution in [0.3, 0.4) is 0 Å². The first-order valence-electron chi connectivity index (χ1n) is 6.35. The van der Waals surface area contributed by atoms with Crippen molar-refractivity contribution in [1.82, 2.24) is 10.1 Å². The van der Waals surface area contributed by atoms with Gasteiger partial charge in [0.25, 0.3) is 5.89 Å². The summed E-state index contributed by atoms with van der Waals surface area (Å²) in [4.78, 5) is 4.27. The molecule has 0 N–H and O–H groups in total. The van der Waals surface area contributed by atoms with E-state index in [9.17, 15) is 0 Å². The Balaban J connectivity index is 1.97. The van der Waals surface area contributed by atoms with Crippen molar-refractivity contribution < 1.29 is 9.26 Å². The van der Waals surface area contributed by atoms with Gasteiger partial charge in [-0.05, 0) is 24.5 Å². The van der Waals surface area contributed by atoms with Crippen molar-refractivity contribution in [2.75, 3.05) is 0 Å². The molecule has 2 rings (SSSR count). The average Bonchev–Trinajstić information content (AvgIpc) is 2.85. The van der Waals surface area contributed by atoms with Crippen molar-refractivity contribution >= 4 is 0 Å². The monoisotopic (exact) mass is 246 g/mol. The fraction of sp³-hybridized carbons (Fsp3) is 0.429. The fourth-order valence-corrected chi connectivity index (χ4v) is 1.75. The highest BCUT2D eigenvalue weighted by molar-refractivity contribution is 5.33. The van der Waals surface area contributed by atoms with Gasteiger partial charge in [0.15, 0.2) is 12.4 Å². The van der Waals surface area contributed by atoms with E-state index < -0.39 is 0 Å². The predicted octanol–water partition coefficient (Wildman–Crippen LogP) is 3.16. The summed E-state index contributed by atoms with van der Waals surface area (Å²) < 4.78 is 10.8. The number of para-hydroxylation sites is 1. The van der Waals surface area contributed by atoms with Crippen LogP contribution in [0.15, 0.2) is 28.8 Å². The molecule has 0 bridgehead atoms. The summed E-state index contributed by atoms with van der Waals surface area (Å²) >= 11 is 0. The molecule has 0 saturated heterocycles. The van der Waals surface area contributed by atoms with E-state index in [-0.39, 0.29) is 0 Å². The van der Waals surface area contributed by atoms with Gasteiger partial charge in [0.05, 0.1) is 0 Å². The summed E-state index contributed by atoms with van der Waals surface area (Å²) in [6.45, 7) is 4.52. The maximum atomic E-state index is 5.71.